The van der Waals surface area contributed by atoms with Crippen molar-refractivity contribution in [1.82, 2.24) is 15.1 Å². The van der Waals surface area contributed by atoms with E-state index in [4.69, 9.17) is 4.74 Å². The molecule has 0 aliphatic carbocycles. The van der Waals surface area contributed by atoms with Crippen LogP contribution in [0.3, 0.4) is 0 Å². The molecule has 1 N–H and O–H groups in total. The van der Waals surface area contributed by atoms with Gasteiger partial charge in [-0.2, -0.15) is 0 Å². The van der Waals surface area contributed by atoms with Gasteiger partial charge in [0.1, 0.15) is 0 Å². The van der Waals surface area contributed by atoms with Crippen LogP contribution in [-0.2, 0) is 20.9 Å². The van der Waals surface area contributed by atoms with E-state index in [-0.39, 0.29) is 23.8 Å². The standard InChI is InChI=1S/C20H29N3O3/c1-16(24)21-12-19-15-23(10-11-26-19)20(25)18-8-5-9-22(14-18)13-17-6-3-2-4-7-17/h2-4,6-7,18-19H,5,8-15H2,1H3,(H,21,24). The van der Waals surface area contributed by atoms with E-state index in [9.17, 15) is 9.59 Å². The second-order valence-electron chi connectivity index (χ2n) is 7.27. The molecule has 0 spiro atoms. The molecule has 6 heteroatoms. The average Bonchev–Trinajstić information content (AvgIpc) is 2.67. The summed E-state index contributed by atoms with van der Waals surface area (Å²) in [5, 5.41) is 2.78. The summed E-state index contributed by atoms with van der Waals surface area (Å²) in [7, 11) is 0. The Bertz CT molecular complexity index is 608. The fourth-order valence-electron chi connectivity index (χ4n) is 3.80. The van der Waals surface area contributed by atoms with E-state index in [1.165, 1.54) is 12.5 Å². The molecule has 0 bridgehead atoms. The first-order valence-electron chi connectivity index (χ1n) is 9.53. The summed E-state index contributed by atoms with van der Waals surface area (Å²) in [5.74, 6) is 0.228. The highest BCUT2D eigenvalue weighted by atomic mass is 16.5. The lowest BCUT2D eigenvalue weighted by Gasteiger charge is -2.38. The SMILES string of the molecule is CC(=O)NCC1CN(C(=O)C2CCCN(Cc3ccccc3)C2)CCO1. The topological polar surface area (TPSA) is 61.9 Å². The molecular formula is C20H29N3O3. The van der Waals surface area contributed by atoms with Gasteiger partial charge in [-0.05, 0) is 24.9 Å². The van der Waals surface area contributed by atoms with E-state index in [1.807, 2.05) is 11.0 Å². The molecule has 142 valence electrons. The van der Waals surface area contributed by atoms with Crippen molar-refractivity contribution in [2.24, 2.45) is 5.92 Å². The van der Waals surface area contributed by atoms with E-state index in [0.29, 0.717) is 26.2 Å². The summed E-state index contributed by atoms with van der Waals surface area (Å²) in [6.07, 6.45) is 1.90. The summed E-state index contributed by atoms with van der Waals surface area (Å²) < 4.78 is 5.68. The Hall–Kier alpha value is -1.92. The second-order valence-corrected chi connectivity index (χ2v) is 7.27. The number of morpholine rings is 1. The smallest absolute Gasteiger partial charge is 0.227 e. The molecule has 2 saturated heterocycles. The number of amides is 2. The molecule has 26 heavy (non-hydrogen) atoms. The zero-order valence-corrected chi connectivity index (χ0v) is 15.5. The fraction of sp³-hybridized carbons (Fsp3) is 0.600. The molecule has 6 nitrogen and oxygen atoms in total. The van der Waals surface area contributed by atoms with Crippen molar-refractivity contribution in [3.05, 3.63) is 35.9 Å². The average molecular weight is 359 g/mol. The number of nitrogens with one attached hydrogen (secondary N) is 1. The van der Waals surface area contributed by atoms with Gasteiger partial charge in [0.05, 0.1) is 18.6 Å². The van der Waals surface area contributed by atoms with Gasteiger partial charge in [-0.3, -0.25) is 14.5 Å². The van der Waals surface area contributed by atoms with E-state index >= 15 is 0 Å². The van der Waals surface area contributed by atoms with Crippen LogP contribution in [-0.4, -0.2) is 67.0 Å². The number of likely N-dealkylation sites (tertiary alicyclic amines) is 1. The first-order valence-corrected chi connectivity index (χ1v) is 9.53. The van der Waals surface area contributed by atoms with Gasteiger partial charge in [0.25, 0.3) is 0 Å². The summed E-state index contributed by atoms with van der Waals surface area (Å²) in [6, 6.07) is 10.4. The van der Waals surface area contributed by atoms with E-state index in [1.54, 1.807) is 0 Å². The zero-order valence-electron chi connectivity index (χ0n) is 15.5. The van der Waals surface area contributed by atoms with Crippen LogP contribution in [0.4, 0.5) is 0 Å². The van der Waals surface area contributed by atoms with E-state index < -0.39 is 0 Å². The number of carbonyl (C=O) groups excluding carboxylic acids is 2. The maximum absolute atomic E-state index is 13.0. The number of rotatable bonds is 5. The Kier molecular flexibility index (Phi) is 6.63. The minimum atomic E-state index is -0.111. The van der Waals surface area contributed by atoms with Crippen LogP contribution in [0.2, 0.25) is 0 Å². The maximum atomic E-state index is 13.0. The summed E-state index contributed by atoms with van der Waals surface area (Å²) >= 11 is 0. The Labute approximate surface area is 155 Å². The molecule has 2 fully saturated rings. The number of piperidine rings is 1. The number of ether oxygens (including phenoxy) is 1. The molecule has 2 amide bonds. The minimum Gasteiger partial charge on any atom is -0.373 e. The lowest BCUT2D eigenvalue weighted by molar-refractivity contribution is -0.145. The van der Waals surface area contributed by atoms with E-state index in [2.05, 4.69) is 34.5 Å². The molecule has 2 heterocycles. The lowest BCUT2D eigenvalue weighted by atomic mass is 9.95. The molecule has 0 saturated carbocycles. The van der Waals surface area contributed by atoms with Crippen molar-refractivity contribution in [2.45, 2.75) is 32.4 Å². The Morgan fingerprint density at radius 1 is 1.19 bits per heavy atom. The maximum Gasteiger partial charge on any atom is 0.227 e. The van der Waals surface area contributed by atoms with Crippen LogP contribution in [0.25, 0.3) is 0 Å². The van der Waals surface area contributed by atoms with Crippen LogP contribution < -0.4 is 5.32 Å². The summed E-state index contributed by atoms with van der Waals surface area (Å²) in [4.78, 5) is 28.4. The van der Waals surface area contributed by atoms with Crippen LogP contribution in [0, 0.1) is 5.92 Å². The third-order valence-corrected chi connectivity index (χ3v) is 5.13. The van der Waals surface area contributed by atoms with Crippen molar-refractivity contribution in [3.8, 4) is 0 Å². The van der Waals surface area contributed by atoms with Crippen LogP contribution >= 0.6 is 0 Å². The molecular weight excluding hydrogens is 330 g/mol. The van der Waals surface area contributed by atoms with Gasteiger partial charge in [0.2, 0.25) is 11.8 Å². The third-order valence-electron chi connectivity index (χ3n) is 5.13. The predicted molar refractivity (Wildman–Crippen MR) is 99.4 cm³/mol. The van der Waals surface area contributed by atoms with Crippen molar-refractivity contribution in [1.29, 1.82) is 0 Å². The number of hydrogen-bond acceptors (Lipinski definition) is 4. The van der Waals surface area contributed by atoms with Gasteiger partial charge < -0.3 is 15.0 Å². The number of nitrogens with zero attached hydrogens (tertiary/aromatic N) is 2. The van der Waals surface area contributed by atoms with Gasteiger partial charge in [-0.25, -0.2) is 0 Å². The molecule has 1 aromatic carbocycles. The summed E-state index contributed by atoms with van der Waals surface area (Å²) in [5.41, 5.74) is 1.29. The van der Waals surface area contributed by atoms with Crippen molar-refractivity contribution in [3.63, 3.8) is 0 Å². The van der Waals surface area contributed by atoms with Crippen LogP contribution in [0.15, 0.2) is 30.3 Å². The molecule has 0 radical (unpaired) electrons. The normalized spacial score (nSPS) is 24.3. The highest BCUT2D eigenvalue weighted by Gasteiger charge is 2.32. The quantitative estimate of drug-likeness (QED) is 0.860. The van der Waals surface area contributed by atoms with E-state index in [0.717, 1.165) is 32.5 Å². The van der Waals surface area contributed by atoms with Crippen molar-refractivity contribution >= 4 is 11.8 Å². The molecule has 2 atom stereocenters. The van der Waals surface area contributed by atoms with Crippen molar-refractivity contribution in [2.75, 3.05) is 39.3 Å². The Balaban J connectivity index is 1.52. The monoisotopic (exact) mass is 359 g/mol. The fourth-order valence-corrected chi connectivity index (χ4v) is 3.80. The largest absolute Gasteiger partial charge is 0.373 e. The van der Waals surface area contributed by atoms with Gasteiger partial charge in [-0.1, -0.05) is 30.3 Å². The lowest BCUT2D eigenvalue weighted by Crippen LogP contribution is -2.52. The van der Waals surface area contributed by atoms with Crippen molar-refractivity contribution < 1.29 is 14.3 Å². The number of hydrogen-bond donors (Lipinski definition) is 1. The predicted octanol–water partition coefficient (Wildman–Crippen LogP) is 1.26. The van der Waals surface area contributed by atoms with Gasteiger partial charge in [-0.15, -0.1) is 0 Å². The minimum absolute atomic E-state index is 0.0620. The first-order chi connectivity index (χ1) is 12.6. The molecule has 1 aromatic rings. The number of benzene rings is 1. The molecule has 2 aliphatic heterocycles. The Morgan fingerprint density at radius 3 is 2.77 bits per heavy atom. The Morgan fingerprint density at radius 2 is 2.00 bits per heavy atom. The first kappa shape index (κ1) is 18.9. The number of carbonyl (C=O) groups is 2. The van der Waals surface area contributed by atoms with Crippen LogP contribution in [0.5, 0.6) is 0 Å². The second kappa shape index (κ2) is 9.14. The van der Waals surface area contributed by atoms with Gasteiger partial charge >= 0.3 is 0 Å². The summed E-state index contributed by atoms with van der Waals surface area (Å²) in [6.45, 7) is 6.47. The molecule has 0 aromatic heterocycles. The molecule has 2 aliphatic rings. The molecule has 2 unspecified atom stereocenters. The highest BCUT2D eigenvalue weighted by Crippen LogP contribution is 2.21. The zero-order chi connectivity index (χ0) is 18.4. The molecule has 3 rings (SSSR count). The highest BCUT2D eigenvalue weighted by molar-refractivity contribution is 5.79. The van der Waals surface area contributed by atoms with Crippen LogP contribution in [0.1, 0.15) is 25.3 Å². The van der Waals surface area contributed by atoms with Gasteiger partial charge in [0, 0.05) is 39.6 Å². The third kappa shape index (κ3) is 5.29. The van der Waals surface area contributed by atoms with Gasteiger partial charge in [0.15, 0.2) is 0 Å².